The minimum atomic E-state index is -0.586. The van der Waals surface area contributed by atoms with Gasteiger partial charge in [0, 0.05) is 12.7 Å². The van der Waals surface area contributed by atoms with E-state index in [0.29, 0.717) is 5.00 Å². The van der Waals surface area contributed by atoms with Crippen molar-refractivity contribution in [2.24, 2.45) is 5.73 Å². The van der Waals surface area contributed by atoms with Crippen LogP contribution in [0.1, 0.15) is 32.0 Å². The number of nitrogens with one attached hydrogen (secondary N) is 2. The van der Waals surface area contributed by atoms with Crippen LogP contribution in [0.3, 0.4) is 0 Å². The molecule has 1 aromatic carbocycles. The standard InChI is InChI=1S/C18H19N5O2S2/c1-11-3-5-12(6-4-11)10-23(2)27-15-9-13(16(19)24)18(26-15)21-17(25)14-7-8-20-22-14/h3-9H,10H2,1-2H3,(H2,19,24)(H,20,22)(H,21,25). The van der Waals surface area contributed by atoms with Crippen molar-refractivity contribution in [3.63, 3.8) is 0 Å². The van der Waals surface area contributed by atoms with E-state index in [0.717, 1.165) is 10.8 Å². The molecule has 0 atom stereocenters. The molecule has 0 spiro atoms. The molecule has 4 N–H and O–H groups in total. The second kappa shape index (κ2) is 8.38. The van der Waals surface area contributed by atoms with E-state index in [1.165, 1.54) is 34.4 Å². The first-order valence-corrected chi connectivity index (χ1v) is 9.71. The molecule has 2 amide bonds. The fourth-order valence-electron chi connectivity index (χ4n) is 2.38. The van der Waals surface area contributed by atoms with Crippen LogP contribution in [-0.2, 0) is 6.54 Å². The number of anilines is 1. The molecular weight excluding hydrogens is 382 g/mol. The monoisotopic (exact) mass is 401 g/mol. The van der Waals surface area contributed by atoms with Gasteiger partial charge in [-0.3, -0.25) is 14.7 Å². The van der Waals surface area contributed by atoms with E-state index in [2.05, 4.69) is 51.0 Å². The topological polar surface area (TPSA) is 104 Å². The van der Waals surface area contributed by atoms with Gasteiger partial charge in [0.2, 0.25) is 0 Å². The van der Waals surface area contributed by atoms with Crippen LogP contribution in [0.4, 0.5) is 5.00 Å². The molecular formula is C18H19N5O2S2. The first-order valence-electron chi connectivity index (χ1n) is 8.12. The fourth-order valence-corrected chi connectivity index (χ4v) is 4.64. The lowest BCUT2D eigenvalue weighted by atomic mass is 10.1. The predicted molar refractivity (Wildman–Crippen MR) is 108 cm³/mol. The first kappa shape index (κ1) is 19.2. The molecule has 3 rings (SSSR count). The zero-order valence-electron chi connectivity index (χ0n) is 14.9. The molecule has 2 heterocycles. The molecule has 0 radical (unpaired) electrons. The maximum atomic E-state index is 12.2. The zero-order valence-corrected chi connectivity index (χ0v) is 16.5. The average Bonchev–Trinajstić information content (AvgIpc) is 3.27. The Morgan fingerprint density at radius 2 is 2.04 bits per heavy atom. The molecule has 0 aliphatic carbocycles. The summed E-state index contributed by atoms with van der Waals surface area (Å²) in [5.41, 5.74) is 8.40. The maximum absolute atomic E-state index is 12.2. The second-order valence-electron chi connectivity index (χ2n) is 5.95. The summed E-state index contributed by atoms with van der Waals surface area (Å²) in [6.45, 7) is 2.79. The summed E-state index contributed by atoms with van der Waals surface area (Å²) in [6.07, 6.45) is 1.56. The minimum Gasteiger partial charge on any atom is -0.366 e. The quantitative estimate of drug-likeness (QED) is 0.527. The van der Waals surface area contributed by atoms with Gasteiger partial charge >= 0.3 is 0 Å². The molecule has 3 aromatic rings. The molecule has 2 aromatic heterocycles. The van der Waals surface area contributed by atoms with E-state index in [1.54, 1.807) is 18.3 Å². The number of hydrogen-bond donors (Lipinski definition) is 3. The van der Waals surface area contributed by atoms with Crippen molar-refractivity contribution in [3.05, 3.63) is 65.0 Å². The number of carbonyl (C=O) groups excluding carboxylic acids is 2. The Labute approximate surface area is 165 Å². The molecule has 0 unspecified atom stereocenters. The van der Waals surface area contributed by atoms with Crippen LogP contribution in [0.5, 0.6) is 0 Å². The molecule has 9 heteroatoms. The summed E-state index contributed by atoms with van der Waals surface area (Å²) in [4.78, 5) is 23.9. The van der Waals surface area contributed by atoms with Gasteiger partial charge in [-0.1, -0.05) is 29.8 Å². The van der Waals surface area contributed by atoms with E-state index in [1.807, 2.05) is 7.05 Å². The number of nitrogens with two attached hydrogens (primary N) is 1. The molecule has 0 bridgehead atoms. The predicted octanol–water partition coefficient (Wildman–Crippen LogP) is 3.27. The van der Waals surface area contributed by atoms with Crippen LogP contribution < -0.4 is 11.1 Å². The van der Waals surface area contributed by atoms with Crippen molar-refractivity contribution < 1.29 is 9.59 Å². The number of amides is 2. The summed E-state index contributed by atoms with van der Waals surface area (Å²) >= 11 is 2.80. The molecule has 0 saturated heterocycles. The lowest BCUT2D eigenvalue weighted by Crippen LogP contribution is -2.16. The largest absolute Gasteiger partial charge is 0.366 e. The molecule has 0 aliphatic heterocycles. The van der Waals surface area contributed by atoms with Gasteiger partial charge in [-0.25, -0.2) is 4.31 Å². The number of H-pyrrole nitrogens is 1. The van der Waals surface area contributed by atoms with E-state index in [9.17, 15) is 9.59 Å². The van der Waals surface area contributed by atoms with Gasteiger partial charge in [-0.15, -0.1) is 11.3 Å². The van der Waals surface area contributed by atoms with Crippen LogP contribution in [0, 0.1) is 6.92 Å². The highest BCUT2D eigenvalue weighted by atomic mass is 32.2. The van der Waals surface area contributed by atoms with Crippen molar-refractivity contribution in [2.45, 2.75) is 17.7 Å². The molecule has 0 saturated carbocycles. The van der Waals surface area contributed by atoms with Crippen LogP contribution in [-0.4, -0.2) is 33.4 Å². The van der Waals surface area contributed by atoms with E-state index in [-0.39, 0.29) is 11.3 Å². The van der Waals surface area contributed by atoms with Crippen LogP contribution in [0.2, 0.25) is 0 Å². The highest BCUT2D eigenvalue weighted by molar-refractivity contribution is 7.99. The number of benzene rings is 1. The van der Waals surface area contributed by atoms with Crippen molar-refractivity contribution in [2.75, 3.05) is 12.4 Å². The van der Waals surface area contributed by atoms with Gasteiger partial charge in [-0.2, -0.15) is 5.10 Å². The Morgan fingerprint density at radius 3 is 2.67 bits per heavy atom. The third-order valence-corrected chi connectivity index (χ3v) is 5.76. The Kier molecular flexibility index (Phi) is 5.94. The number of aromatic amines is 1. The molecule has 140 valence electrons. The number of hydrogen-bond acceptors (Lipinski definition) is 6. The number of aromatic nitrogens is 2. The second-order valence-corrected chi connectivity index (χ2v) is 8.51. The van der Waals surface area contributed by atoms with Gasteiger partial charge in [0.25, 0.3) is 11.8 Å². The molecule has 27 heavy (non-hydrogen) atoms. The van der Waals surface area contributed by atoms with Gasteiger partial charge < -0.3 is 11.1 Å². The maximum Gasteiger partial charge on any atom is 0.276 e. The van der Waals surface area contributed by atoms with Crippen LogP contribution >= 0.6 is 23.3 Å². The third kappa shape index (κ3) is 4.97. The normalized spacial score (nSPS) is 10.9. The number of aryl methyl sites for hydroxylation is 1. The fraction of sp³-hybridized carbons (Fsp3) is 0.167. The van der Waals surface area contributed by atoms with Gasteiger partial charge in [0.15, 0.2) is 0 Å². The van der Waals surface area contributed by atoms with E-state index < -0.39 is 11.8 Å². The Bertz CT molecular complexity index is 935. The third-order valence-electron chi connectivity index (χ3n) is 3.71. The number of nitrogens with zero attached hydrogens (tertiary/aromatic N) is 2. The van der Waals surface area contributed by atoms with E-state index >= 15 is 0 Å². The molecule has 0 aliphatic rings. The molecule has 7 nitrogen and oxygen atoms in total. The highest BCUT2D eigenvalue weighted by Crippen LogP contribution is 2.36. The Hall–Kier alpha value is -2.62. The summed E-state index contributed by atoms with van der Waals surface area (Å²) in [7, 11) is 1.97. The Morgan fingerprint density at radius 1 is 1.30 bits per heavy atom. The van der Waals surface area contributed by atoms with Crippen molar-refractivity contribution in [1.29, 1.82) is 0 Å². The lowest BCUT2D eigenvalue weighted by Gasteiger charge is -2.14. The Balaban J connectivity index is 1.71. The first-order chi connectivity index (χ1) is 12.9. The number of rotatable bonds is 7. The number of thiophene rings is 1. The summed E-state index contributed by atoms with van der Waals surface area (Å²) < 4.78 is 2.91. The summed E-state index contributed by atoms with van der Waals surface area (Å²) in [5.74, 6) is -0.984. The average molecular weight is 402 g/mol. The number of carbonyl (C=O) groups is 2. The smallest absolute Gasteiger partial charge is 0.276 e. The number of primary amides is 1. The highest BCUT2D eigenvalue weighted by Gasteiger charge is 2.19. The van der Waals surface area contributed by atoms with Crippen molar-refractivity contribution in [1.82, 2.24) is 14.5 Å². The minimum absolute atomic E-state index is 0.240. The van der Waals surface area contributed by atoms with Gasteiger partial charge in [-0.05, 0) is 43.6 Å². The lowest BCUT2D eigenvalue weighted by molar-refractivity contribution is 0.100. The van der Waals surface area contributed by atoms with Crippen molar-refractivity contribution in [3.8, 4) is 0 Å². The van der Waals surface area contributed by atoms with Crippen LogP contribution in [0.25, 0.3) is 0 Å². The van der Waals surface area contributed by atoms with E-state index in [4.69, 9.17) is 5.73 Å². The van der Waals surface area contributed by atoms with Crippen molar-refractivity contribution >= 4 is 40.1 Å². The van der Waals surface area contributed by atoms with Crippen LogP contribution in [0.15, 0.2) is 46.8 Å². The summed E-state index contributed by atoms with van der Waals surface area (Å²) in [5, 5.41) is 9.54. The van der Waals surface area contributed by atoms with Gasteiger partial charge in [0.05, 0.1) is 9.77 Å². The SMILES string of the molecule is Cc1ccc(CN(C)Sc2cc(C(N)=O)c(NC(=O)c3cc[nH]n3)s2)cc1. The summed E-state index contributed by atoms with van der Waals surface area (Å²) in [6, 6.07) is 11.6. The molecule has 0 fully saturated rings. The van der Waals surface area contributed by atoms with Gasteiger partial charge in [0.1, 0.15) is 10.7 Å². The zero-order chi connectivity index (χ0) is 19.4.